The summed E-state index contributed by atoms with van der Waals surface area (Å²) in [7, 11) is 1.63. The van der Waals surface area contributed by atoms with Gasteiger partial charge in [-0.05, 0) is 30.5 Å². The first-order valence-electron chi connectivity index (χ1n) is 6.87. The molecule has 1 heterocycles. The van der Waals surface area contributed by atoms with Crippen molar-refractivity contribution in [2.75, 3.05) is 13.7 Å². The summed E-state index contributed by atoms with van der Waals surface area (Å²) in [6.07, 6.45) is 1.46. The van der Waals surface area contributed by atoms with Gasteiger partial charge in [-0.15, -0.1) is 0 Å². The highest BCUT2D eigenvalue weighted by atomic mass is 35.5. The van der Waals surface area contributed by atoms with Crippen LogP contribution in [0.3, 0.4) is 0 Å². The molecule has 2 aromatic carbocycles. The maximum atomic E-state index is 11.9. The van der Waals surface area contributed by atoms with Gasteiger partial charge in [0.25, 0.3) is 0 Å². The van der Waals surface area contributed by atoms with Gasteiger partial charge in [-0.2, -0.15) is 0 Å². The number of esters is 1. The van der Waals surface area contributed by atoms with Gasteiger partial charge >= 0.3 is 5.97 Å². The molecule has 3 aromatic rings. The molecule has 0 N–H and O–H groups in total. The topological polar surface area (TPSA) is 48.4 Å². The van der Waals surface area contributed by atoms with E-state index in [1.165, 1.54) is 6.20 Å². The lowest BCUT2D eigenvalue weighted by molar-refractivity contribution is 0.0526. The second kappa shape index (κ2) is 5.81. The zero-order chi connectivity index (χ0) is 15.7. The predicted octanol–water partition coefficient (Wildman–Crippen LogP) is 4.23. The van der Waals surface area contributed by atoms with E-state index in [9.17, 15) is 4.79 Å². The number of halogens is 1. The molecule has 0 aliphatic heterocycles. The van der Waals surface area contributed by atoms with Crippen molar-refractivity contribution in [2.24, 2.45) is 0 Å². The van der Waals surface area contributed by atoms with Gasteiger partial charge in [0.15, 0.2) is 0 Å². The Bertz CT molecular complexity index is 877. The Morgan fingerprint density at radius 1 is 1.23 bits per heavy atom. The van der Waals surface area contributed by atoms with E-state index in [-0.39, 0.29) is 5.56 Å². The largest absolute Gasteiger partial charge is 0.497 e. The highest BCUT2D eigenvalue weighted by Crippen LogP contribution is 2.32. The fourth-order valence-corrected chi connectivity index (χ4v) is 2.70. The summed E-state index contributed by atoms with van der Waals surface area (Å²) in [5.74, 6) is 0.317. The van der Waals surface area contributed by atoms with E-state index in [1.54, 1.807) is 14.0 Å². The Balaban J connectivity index is 2.24. The number of methoxy groups -OCH3 is 1. The van der Waals surface area contributed by atoms with Crippen molar-refractivity contribution in [3.63, 3.8) is 0 Å². The first kappa shape index (κ1) is 14.6. The standard InChI is InChI=1S/C17H14ClNO3/c1-3-22-17(20)14-9-19-16-12-7-5-11(21-2)8-10(12)4-6-13(16)15(14)18/h4-9H,3H2,1-2H3. The number of carbonyl (C=O) groups is 1. The number of fused-ring (bicyclic) bond motifs is 3. The molecule has 22 heavy (non-hydrogen) atoms. The van der Waals surface area contributed by atoms with E-state index in [0.29, 0.717) is 11.6 Å². The smallest absolute Gasteiger partial charge is 0.341 e. The van der Waals surface area contributed by atoms with Crippen LogP contribution in [-0.2, 0) is 4.74 Å². The van der Waals surface area contributed by atoms with Gasteiger partial charge in [-0.25, -0.2) is 4.79 Å². The van der Waals surface area contributed by atoms with Crippen LogP contribution in [0.5, 0.6) is 5.75 Å². The van der Waals surface area contributed by atoms with Gasteiger partial charge in [0.05, 0.1) is 29.8 Å². The van der Waals surface area contributed by atoms with E-state index >= 15 is 0 Å². The van der Waals surface area contributed by atoms with Crippen molar-refractivity contribution in [1.29, 1.82) is 0 Å². The van der Waals surface area contributed by atoms with Crippen molar-refractivity contribution >= 4 is 39.2 Å². The van der Waals surface area contributed by atoms with Crippen LogP contribution in [0, 0.1) is 0 Å². The van der Waals surface area contributed by atoms with Crippen LogP contribution in [0.25, 0.3) is 21.7 Å². The van der Waals surface area contributed by atoms with Crippen molar-refractivity contribution in [3.8, 4) is 5.75 Å². The zero-order valence-corrected chi connectivity index (χ0v) is 13.0. The maximum absolute atomic E-state index is 11.9. The summed E-state index contributed by atoms with van der Waals surface area (Å²) >= 11 is 6.37. The van der Waals surface area contributed by atoms with Gasteiger partial charge in [-0.1, -0.05) is 23.7 Å². The van der Waals surface area contributed by atoms with E-state index < -0.39 is 5.97 Å². The quantitative estimate of drug-likeness (QED) is 0.536. The molecular weight excluding hydrogens is 302 g/mol. The second-order valence-electron chi connectivity index (χ2n) is 4.76. The third-order valence-corrected chi connectivity index (χ3v) is 3.90. The number of pyridine rings is 1. The first-order valence-corrected chi connectivity index (χ1v) is 7.25. The minimum absolute atomic E-state index is 0.281. The van der Waals surface area contributed by atoms with E-state index in [4.69, 9.17) is 21.1 Å². The van der Waals surface area contributed by atoms with E-state index in [2.05, 4.69) is 4.98 Å². The lowest BCUT2D eigenvalue weighted by Crippen LogP contribution is -2.06. The molecule has 112 valence electrons. The molecule has 0 atom stereocenters. The molecule has 0 bridgehead atoms. The lowest BCUT2D eigenvalue weighted by Gasteiger charge is -2.09. The number of carbonyl (C=O) groups excluding carboxylic acids is 1. The van der Waals surface area contributed by atoms with Crippen molar-refractivity contribution in [2.45, 2.75) is 6.92 Å². The number of nitrogens with zero attached hydrogens (tertiary/aromatic N) is 1. The Morgan fingerprint density at radius 2 is 2.00 bits per heavy atom. The number of rotatable bonds is 3. The molecule has 0 unspecified atom stereocenters. The third-order valence-electron chi connectivity index (χ3n) is 3.49. The number of hydrogen-bond donors (Lipinski definition) is 0. The summed E-state index contributed by atoms with van der Waals surface area (Å²) in [6.45, 7) is 2.05. The minimum Gasteiger partial charge on any atom is -0.497 e. The normalized spacial score (nSPS) is 10.9. The summed E-state index contributed by atoms with van der Waals surface area (Å²) < 4.78 is 10.2. The summed E-state index contributed by atoms with van der Waals surface area (Å²) in [5, 5.41) is 3.04. The van der Waals surface area contributed by atoms with Gasteiger partial charge in [0, 0.05) is 17.0 Å². The van der Waals surface area contributed by atoms with Gasteiger partial charge in [0.2, 0.25) is 0 Å². The number of hydrogen-bond acceptors (Lipinski definition) is 4. The monoisotopic (exact) mass is 315 g/mol. The number of benzene rings is 2. The molecule has 0 radical (unpaired) electrons. The second-order valence-corrected chi connectivity index (χ2v) is 5.13. The molecule has 1 aromatic heterocycles. The number of aromatic nitrogens is 1. The highest BCUT2D eigenvalue weighted by Gasteiger charge is 2.16. The maximum Gasteiger partial charge on any atom is 0.341 e. The molecule has 0 saturated heterocycles. The van der Waals surface area contributed by atoms with Gasteiger partial charge in [0.1, 0.15) is 5.75 Å². The van der Waals surface area contributed by atoms with Crippen LogP contribution in [-0.4, -0.2) is 24.7 Å². The molecule has 0 fully saturated rings. The fraction of sp³-hybridized carbons (Fsp3) is 0.176. The van der Waals surface area contributed by atoms with Crippen molar-refractivity contribution < 1.29 is 14.3 Å². The SMILES string of the molecule is CCOC(=O)c1cnc2c(ccc3cc(OC)ccc32)c1Cl. The lowest BCUT2D eigenvalue weighted by atomic mass is 10.0. The van der Waals surface area contributed by atoms with Gasteiger partial charge in [-0.3, -0.25) is 4.98 Å². The molecule has 0 amide bonds. The summed E-state index contributed by atoms with van der Waals surface area (Å²) in [6, 6.07) is 9.53. The van der Waals surface area contributed by atoms with Crippen LogP contribution in [0.4, 0.5) is 0 Å². The first-order chi connectivity index (χ1) is 10.7. The molecule has 4 nitrogen and oxygen atoms in total. The molecule has 3 rings (SSSR count). The highest BCUT2D eigenvalue weighted by molar-refractivity contribution is 6.39. The summed E-state index contributed by atoms with van der Waals surface area (Å²) in [4.78, 5) is 16.3. The Labute approximate surface area is 132 Å². The zero-order valence-electron chi connectivity index (χ0n) is 12.2. The molecule has 0 saturated carbocycles. The van der Waals surface area contributed by atoms with E-state index in [0.717, 1.165) is 27.4 Å². The molecule has 0 aliphatic rings. The van der Waals surface area contributed by atoms with Crippen LogP contribution in [0.15, 0.2) is 36.5 Å². The molecule has 0 spiro atoms. The van der Waals surface area contributed by atoms with E-state index in [1.807, 2.05) is 30.3 Å². The Kier molecular flexibility index (Phi) is 3.86. The van der Waals surface area contributed by atoms with Crippen LogP contribution < -0.4 is 4.74 Å². The van der Waals surface area contributed by atoms with Crippen LogP contribution >= 0.6 is 11.6 Å². The molecular formula is C17H14ClNO3. The third kappa shape index (κ3) is 2.35. The average Bonchev–Trinajstić information content (AvgIpc) is 2.54. The molecule has 0 aliphatic carbocycles. The van der Waals surface area contributed by atoms with Crippen molar-refractivity contribution in [3.05, 3.63) is 47.1 Å². The van der Waals surface area contributed by atoms with Crippen LogP contribution in [0.1, 0.15) is 17.3 Å². The Morgan fingerprint density at radius 3 is 2.73 bits per heavy atom. The minimum atomic E-state index is -0.461. The van der Waals surface area contributed by atoms with Gasteiger partial charge < -0.3 is 9.47 Å². The van der Waals surface area contributed by atoms with Crippen molar-refractivity contribution in [1.82, 2.24) is 4.98 Å². The average molecular weight is 316 g/mol. The molecule has 5 heteroatoms. The van der Waals surface area contributed by atoms with Crippen LogP contribution in [0.2, 0.25) is 5.02 Å². The number of ether oxygens (including phenoxy) is 2. The fourth-order valence-electron chi connectivity index (χ4n) is 2.42. The Hall–Kier alpha value is -2.33. The predicted molar refractivity (Wildman–Crippen MR) is 86.8 cm³/mol. The summed E-state index contributed by atoms with van der Waals surface area (Å²) in [5.41, 5.74) is 1.03.